The second kappa shape index (κ2) is 8.31. The molecule has 0 spiro atoms. The van der Waals surface area contributed by atoms with Gasteiger partial charge in [0.1, 0.15) is 11.3 Å². The van der Waals surface area contributed by atoms with Gasteiger partial charge in [-0.1, -0.05) is 0 Å². The van der Waals surface area contributed by atoms with Crippen molar-refractivity contribution in [2.24, 2.45) is 0 Å². The Morgan fingerprint density at radius 1 is 1.06 bits per heavy atom. The Labute approximate surface area is 209 Å². The number of piperidine rings is 1. The van der Waals surface area contributed by atoms with Crippen molar-refractivity contribution in [2.75, 3.05) is 13.1 Å². The van der Waals surface area contributed by atoms with Crippen molar-refractivity contribution in [3.8, 4) is 22.9 Å². The van der Waals surface area contributed by atoms with Crippen molar-refractivity contribution in [1.29, 1.82) is 0 Å². The molecule has 36 heavy (non-hydrogen) atoms. The fourth-order valence-corrected chi connectivity index (χ4v) is 6.36. The van der Waals surface area contributed by atoms with Crippen molar-refractivity contribution >= 4 is 36.9 Å². The minimum atomic E-state index is -3.74. The molecule has 4 aromatic rings. The number of ether oxygens (including phenoxy) is 2. The summed E-state index contributed by atoms with van der Waals surface area (Å²) in [7, 11) is -0.195. The fraction of sp³-hybridized carbons (Fsp3) is 0.261. The number of pyridine rings is 2. The van der Waals surface area contributed by atoms with Crippen LogP contribution in [0.3, 0.4) is 0 Å². The summed E-state index contributed by atoms with van der Waals surface area (Å²) in [6.07, 6.45) is 5.41. The molecule has 2 aliphatic rings. The summed E-state index contributed by atoms with van der Waals surface area (Å²) in [4.78, 5) is 13.2. The zero-order valence-electron chi connectivity index (χ0n) is 19.8. The number of aromatic nitrogens is 4. The quantitative estimate of drug-likeness (QED) is 0.386. The molecule has 1 aromatic carbocycles. The Morgan fingerprint density at radius 2 is 1.83 bits per heavy atom. The van der Waals surface area contributed by atoms with Crippen molar-refractivity contribution in [1.82, 2.24) is 23.8 Å². The monoisotopic (exact) mass is 505 g/mol. The van der Waals surface area contributed by atoms with E-state index < -0.39 is 21.4 Å². The number of hydrogen-bond acceptors (Lipinski definition) is 7. The smallest absolute Gasteiger partial charge is 0.243 e. The van der Waals surface area contributed by atoms with Crippen LogP contribution < -0.4 is 9.47 Å². The largest absolute Gasteiger partial charge is 0.467 e. The maximum Gasteiger partial charge on any atom is 0.243 e. The predicted molar refractivity (Wildman–Crippen MR) is 135 cm³/mol. The van der Waals surface area contributed by atoms with E-state index in [9.17, 15) is 12.8 Å². The standard InChI is InChI=1S/C23H22B2FN5O4S/c24-23(25)34-19-4-3-15(12-20(19)35-23)36(32,33)30-10-6-14(7-11-30)31-21(16-5-9-27-13-17(16)26)29-18-2-1-8-28-22(18)31/h1-5,8-9,12-14H,6-7,10-11,24-25H2. The summed E-state index contributed by atoms with van der Waals surface area (Å²) in [5.41, 5.74) is 0.795. The molecule has 1 saturated heterocycles. The van der Waals surface area contributed by atoms with Gasteiger partial charge in [0.25, 0.3) is 0 Å². The number of rotatable bonds is 4. The van der Waals surface area contributed by atoms with E-state index in [0.717, 1.165) is 6.20 Å². The van der Waals surface area contributed by atoms with Crippen LogP contribution in [0.4, 0.5) is 4.39 Å². The summed E-state index contributed by atoms with van der Waals surface area (Å²) in [5.74, 6) is 0.923. The van der Waals surface area contributed by atoms with E-state index in [1.54, 1.807) is 46.2 Å². The highest BCUT2D eigenvalue weighted by Crippen LogP contribution is 2.40. The third kappa shape index (κ3) is 3.82. The molecule has 182 valence electrons. The highest BCUT2D eigenvalue weighted by Gasteiger charge is 2.35. The Morgan fingerprint density at radius 3 is 2.61 bits per heavy atom. The molecule has 0 amide bonds. The second-order valence-corrected chi connectivity index (χ2v) is 11.3. The van der Waals surface area contributed by atoms with Crippen LogP contribution >= 0.6 is 0 Å². The number of benzene rings is 1. The van der Waals surface area contributed by atoms with E-state index in [-0.39, 0.29) is 10.9 Å². The van der Waals surface area contributed by atoms with Crippen molar-refractivity contribution in [2.45, 2.75) is 29.4 Å². The summed E-state index contributed by atoms with van der Waals surface area (Å²) < 4.78 is 56.3. The highest BCUT2D eigenvalue weighted by atomic mass is 32.2. The summed E-state index contributed by atoms with van der Waals surface area (Å²) in [6.45, 7) is 0.607. The van der Waals surface area contributed by atoms with Gasteiger partial charge < -0.3 is 14.0 Å². The molecule has 0 bridgehead atoms. The SMILES string of the molecule is BC1(B)Oc2ccc(S(=O)(=O)N3CCC(n4c(-c5ccncc5F)nc5cccnc54)CC3)cc2O1. The van der Waals surface area contributed by atoms with Gasteiger partial charge in [0.2, 0.25) is 10.0 Å². The average Bonchev–Trinajstić information content (AvgIpc) is 3.39. The van der Waals surface area contributed by atoms with Gasteiger partial charge in [0, 0.05) is 37.6 Å². The minimum Gasteiger partial charge on any atom is -0.467 e. The van der Waals surface area contributed by atoms with Crippen LogP contribution in [0.25, 0.3) is 22.6 Å². The average molecular weight is 505 g/mol. The molecule has 0 N–H and O–H groups in total. The number of nitrogens with zero attached hydrogens (tertiary/aromatic N) is 5. The Balaban J connectivity index is 1.29. The van der Waals surface area contributed by atoms with Crippen LogP contribution in [0.1, 0.15) is 18.9 Å². The summed E-state index contributed by atoms with van der Waals surface area (Å²) >= 11 is 0. The van der Waals surface area contributed by atoms with Gasteiger partial charge in [-0.05, 0) is 43.2 Å². The second-order valence-electron chi connectivity index (χ2n) is 9.35. The molecule has 0 saturated carbocycles. The molecule has 0 aliphatic carbocycles. The molecule has 2 aliphatic heterocycles. The number of sulfonamides is 1. The molecular formula is C23H22B2FN5O4S. The number of hydrogen-bond donors (Lipinski definition) is 0. The molecule has 3 aromatic heterocycles. The summed E-state index contributed by atoms with van der Waals surface area (Å²) in [6, 6.07) is 9.80. The highest BCUT2D eigenvalue weighted by molar-refractivity contribution is 7.89. The van der Waals surface area contributed by atoms with Gasteiger partial charge in [-0.15, -0.1) is 0 Å². The first kappa shape index (κ1) is 23.0. The van der Waals surface area contributed by atoms with Crippen LogP contribution in [0.15, 0.2) is 59.9 Å². The van der Waals surface area contributed by atoms with E-state index in [0.29, 0.717) is 60.0 Å². The van der Waals surface area contributed by atoms with Crippen LogP contribution in [0.5, 0.6) is 11.5 Å². The molecule has 13 heteroatoms. The van der Waals surface area contributed by atoms with E-state index in [2.05, 4.69) is 15.0 Å². The molecule has 0 unspecified atom stereocenters. The topological polar surface area (TPSA) is 99.4 Å². The van der Waals surface area contributed by atoms with Crippen LogP contribution in [-0.2, 0) is 10.0 Å². The first-order chi connectivity index (χ1) is 17.2. The molecule has 9 nitrogen and oxygen atoms in total. The number of fused-ring (bicyclic) bond motifs is 2. The van der Waals surface area contributed by atoms with Gasteiger partial charge in [-0.3, -0.25) is 4.98 Å². The first-order valence-electron chi connectivity index (χ1n) is 11.7. The van der Waals surface area contributed by atoms with Gasteiger partial charge in [-0.2, -0.15) is 4.31 Å². The maximum absolute atomic E-state index is 14.7. The van der Waals surface area contributed by atoms with E-state index in [4.69, 9.17) is 9.47 Å². The lowest BCUT2D eigenvalue weighted by molar-refractivity contribution is 0.0833. The Hall–Kier alpha value is -3.44. The lowest BCUT2D eigenvalue weighted by Crippen LogP contribution is -2.39. The van der Waals surface area contributed by atoms with Gasteiger partial charge in [0.15, 0.2) is 44.2 Å². The third-order valence-electron chi connectivity index (χ3n) is 6.52. The summed E-state index contributed by atoms with van der Waals surface area (Å²) in [5, 5.41) is 0. The van der Waals surface area contributed by atoms with E-state index in [1.807, 2.05) is 10.6 Å². The van der Waals surface area contributed by atoms with E-state index in [1.165, 1.54) is 16.6 Å². The molecule has 5 heterocycles. The maximum atomic E-state index is 14.7. The normalized spacial score (nSPS) is 18.0. The lowest BCUT2D eigenvalue weighted by atomic mass is 9.76. The number of halogens is 1. The van der Waals surface area contributed by atoms with Gasteiger partial charge in [-0.25, -0.2) is 22.8 Å². The minimum absolute atomic E-state index is 0.100. The molecule has 1 fully saturated rings. The van der Waals surface area contributed by atoms with Gasteiger partial charge >= 0.3 is 0 Å². The third-order valence-corrected chi connectivity index (χ3v) is 8.41. The predicted octanol–water partition coefficient (Wildman–Crippen LogP) is 1.31. The lowest BCUT2D eigenvalue weighted by Gasteiger charge is -2.32. The van der Waals surface area contributed by atoms with Gasteiger partial charge in [0.05, 0.1) is 16.7 Å². The van der Waals surface area contributed by atoms with Crippen molar-refractivity contribution in [3.63, 3.8) is 0 Å². The van der Waals surface area contributed by atoms with Crippen molar-refractivity contribution < 1.29 is 22.3 Å². The Bertz CT molecular complexity index is 1590. The molecule has 0 atom stereocenters. The van der Waals surface area contributed by atoms with Crippen LogP contribution in [0, 0.1) is 5.82 Å². The van der Waals surface area contributed by atoms with Crippen LogP contribution in [0.2, 0.25) is 0 Å². The zero-order chi connectivity index (χ0) is 25.1. The fourth-order valence-electron chi connectivity index (χ4n) is 4.88. The Kier molecular flexibility index (Phi) is 5.31. The zero-order valence-corrected chi connectivity index (χ0v) is 20.6. The molecular weight excluding hydrogens is 483 g/mol. The number of imidazole rings is 1. The first-order valence-corrected chi connectivity index (χ1v) is 13.1. The van der Waals surface area contributed by atoms with E-state index >= 15 is 0 Å². The van der Waals surface area contributed by atoms with Crippen molar-refractivity contribution in [3.05, 3.63) is 60.8 Å². The molecule has 6 rings (SSSR count). The van der Waals surface area contributed by atoms with Crippen LogP contribution in [-0.4, -0.2) is 66.6 Å². The molecule has 0 radical (unpaired) electrons.